The molecular weight excluding hydrogens is 320 g/mol. The van der Waals surface area contributed by atoms with E-state index in [-0.39, 0.29) is 5.97 Å². The number of methoxy groups -OCH3 is 1. The molecule has 4 unspecified atom stereocenters. The number of carbonyl (C=O) groups excluding carboxylic acids is 2. The van der Waals surface area contributed by atoms with Gasteiger partial charge < -0.3 is 0 Å². The number of rotatable bonds is 7. The third-order valence-corrected chi connectivity index (χ3v) is 59.0. The Bertz CT molecular complexity index is 1040. The average Bonchev–Trinajstić information content (AvgIpc) is 3.46. The van der Waals surface area contributed by atoms with Crippen molar-refractivity contribution in [2.75, 3.05) is 7.11 Å². The molecule has 10 saturated heterocycles. The second-order valence-corrected chi connectivity index (χ2v) is 35.8. The van der Waals surface area contributed by atoms with Crippen LogP contribution in [0, 0.1) is 0 Å². The minimum absolute atomic E-state index is 0.109. The maximum absolute atomic E-state index is 13.3. The van der Waals surface area contributed by atoms with E-state index in [2.05, 4.69) is 4.74 Å². The van der Waals surface area contributed by atoms with Crippen LogP contribution in [0.3, 0.4) is 0 Å². The number of ether oxygens (including phenoxy) is 1. The Hall–Kier alpha value is -0.341. The van der Waals surface area contributed by atoms with E-state index < -0.39 is 6.51 Å². The molecule has 22 heavy (non-hydrogen) atoms. The standard InChI is InChI=1S/C13H17O3.C5H5.Fe/c1-16-13(15)10-4-2-3-9-12(14)11-7-5-6-8-11;1-2-4-5-3-1;/h5-8H,2-4,9-10H2,1H3;1-5H;. The molecule has 0 aromatic carbocycles. The summed E-state index contributed by atoms with van der Waals surface area (Å²) >= 11 is 0. The number of esters is 1. The van der Waals surface area contributed by atoms with E-state index in [4.69, 9.17) is 0 Å². The van der Waals surface area contributed by atoms with Crippen molar-refractivity contribution in [1.29, 1.82) is 0 Å². The molecule has 10 heterocycles. The van der Waals surface area contributed by atoms with Crippen molar-refractivity contribution in [3.63, 3.8) is 0 Å². The summed E-state index contributed by atoms with van der Waals surface area (Å²) in [5, 5.41) is 0. The number of Topliss-reactive ketones (excluding diaryl/α,β-unsaturated/α-hetero) is 1. The molecule has 4 atom stereocenters. The van der Waals surface area contributed by atoms with Gasteiger partial charge in [-0.15, -0.1) is 0 Å². The first-order valence-electron chi connectivity index (χ1n) is 9.24. The molecule has 0 amide bonds. The monoisotopic (exact) mass is 342 g/mol. The van der Waals surface area contributed by atoms with E-state index >= 15 is 0 Å². The maximum atomic E-state index is 13.3. The zero-order chi connectivity index (χ0) is 14.4. The van der Waals surface area contributed by atoms with Crippen LogP contribution in [-0.2, 0) is 20.8 Å². The topological polar surface area (TPSA) is 43.4 Å². The van der Waals surface area contributed by atoms with Gasteiger partial charge in [-0.2, -0.15) is 0 Å². The van der Waals surface area contributed by atoms with Crippen molar-refractivity contribution in [3.05, 3.63) is 0 Å². The molecule has 120 valence electrons. The number of ketones is 1. The van der Waals surface area contributed by atoms with Crippen LogP contribution in [0.2, 0.25) is 47.7 Å². The Labute approximate surface area is 119 Å². The fourth-order valence-corrected chi connectivity index (χ4v) is 92.1. The third kappa shape index (κ3) is 0.131. The van der Waals surface area contributed by atoms with Crippen molar-refractivity contribution in [2.45, 2.75) is 79.8 Å². The third-order valence-electron chi connectivity index (χ3n) is 16.6. The predicted molar refractivity (Wildman–Crippen MR) is 76.6 cm³/mol. The Balaban J connectivity index is 0.994. The molecule has 0 saturated carbocycles. The zero-order valence-electron chi connectivity index (χ0n) is 12.8. The van der Waals surface area contributed by atoms with Crippen LogP contribution in [0.15, 0.2) is 0 Å². The molecule has 10 fully saturated rings. The summed E-state index contributed by atoms with van der Waals surface area (Å²) in [5.41, 5.74) is 0. The molecule has 1 spiro atoms. The number of hydrogen-bond donors (Lipinski definition) is 0. The van der Waals surface area contributed by atoms with Gasteiger partial charge in [0.15, 0.2) is 0 Å². The second-order valence-electron chi connectivity index (χ2n) is 12.2. The fourth-order valence-electron chi connectivity index (χ4n) is 18.0. The quantitative estimate of drug-likeness (QED) is 0.390. The van der Waals surface area contributed by atoms with Crippen LogP contribution >= 0.6 is 0 Å². The minimum atomic E-state index is -3.16. The zero-order valence-corrected chi connectivity index (χ0v) is 13.9. The average molecular weight is 342 g/mol. The van der Waals surface area contributed by atoms with Crippen molar-refractivity contribution in [2.24, 2.45) is 0 Å². The normalized spacial score (nSPS) is 94.3. The molecule has 0 N–H and O–H groups in total. The molecule has 0 bridgehead atoms. The summed E-state index contributed by atoms with van der Waals surface area (Å²) in [4.78, 5) is 35.5. The van der Waals surface area contributed by atoms with E-state index in [0.717, 1.165) is 41.1 Å². The molecular formula is C18H22FeO3. The van der Waals surface area contributed by atoms with Crippen LogP contribution in [0.25, 0.3) is 0 Å². The van der Waals surface area contributed by atoms with Crippen molar-refractivity contribution >= 4 is 11.8 Å². The van der Waals surface area contributed by atoms with E-state index in [1.165, 1.54) is 40.8 Å². The SMILES string of the molecule is COC(=O)CCCCCC(=O)[C]12[CH]3[CH]4[CH]5[CH]1[Fe]45321678[CH]2[CH]1[CH]6[CH]7[CH]28. The summed E-state index contributed by atoms with van der Waals surface area (Å²) in [5.74, 6) is 0.667. The second kappa shape index (κ2) is 0.993. The van der Waals surface area contributed by atoms with Crippen LogP contribution in [0.4, 0.5) is 0 Å². The van der Waals surface area contributed by atoms with Crippen molar-refractivity contribution in [1.82, 2.24) is 0 Å². The van der Waals surface area contributed by atoms with Gasteiger partial charge in [0, 0.05) is 0 Å². The Morgan fingerprint density at radius 1 is 0.864 bits per heavy atom. The van der Waals surface area contributed by atoms with Gasteiger partial charge in [-0.25, -0.2) is 0 Å². The molecule has 0 aromatic heterocycles. The number of fused-ring (bicyclic) bond motifs is 10. The number of hydrogen-bond acceptors (Lipinski definition) is 3. The van der Waals surface area contributed by atoms with Gasteiger partial charge in [-0.1, -0.05) is 0 Å². The first-order valence-corrected chi connectivity index (χ1v) is 15.5. The molecule has 0 radical (unpaired) electrons. The Morgan fingerprint density at radius 3 is 1.82 bits per heavy atom. The van der Waals surface area contributed by atoms with Gasteiger partial charge in [0.1, 0.15) is 0 Å². The summed E-state index contributed by atoms with van der Waals surface area (Å²) < 4.78 is 5.14. The van der Waals surface area contributed by atoms with Crippen molar-refractivity contribution in [3.8, 4) is 0 Å². The van der Waals surface area contributed by atoms with Crippen molar-refractivity contribution < 1.29 is 20.8 Å². The van der Waals surface area contributed by atoms with Gasteiger partial charge in [0.05, 0.1) is 0 Å². The Morgan fingerprint density at radius 2 is 1.41 bits per heavy atom. The van der Waals surface area contributed by atoms with E-state index in [9.17, 15) is 9.59 Å². The molecule has 3 nitrogen and oxygen atoms in total. The summed E-state index contributed by atoms with van der Waals surface area (Å²) in [6.07, 6.45) is 4.31. The molecule has 0 aliphatic carbocycles. The first kappa shape index (κ1) is 9.83. The first-order chi connectivity index (χ1) is 10.4. The fraction of sp³-hybridized carbons (Fsp3) is 0.889. The van der Waals surface area contributed by atoms with Crippen LogP contribution in [0.5, 0.6) is 0 Å². The van der Waals surface area contributed by atoms with E-state index in [1.807, 2.05) is 0 Å². The van der Waals surface area contributed by atoms with Gasteiger partial charge in [-0.05, 0) is 0 Å². The van der Waals surface area contributed by atoms with E-state index in [0.29, 0.717) is 10.7 Å². The molecule has 10 rings (SSSR count). The molecule has 0 aromatic rings. The molecule has 4 heteroatoms. The van der Waals surface area contributed by atoms with Gasteiger partial charge in [0.2, 0.25) is 0 Å². The van der Waals surface area contributed by atoms with Crippen LogP contribution < -0.4 is 0 Å². The summed E-state index contributed by atoms with van der Waals surface area (Å²) in [7, 11) is 1.45. The molecule has 10 aliphatic heterocycles. The number of carbonyl (C=O) groups is 2. The van der Waals surface area contributed by atoms with Gasteiger partial charge in [0.25, 0.3) is 0 Å². The number of unbranched alkanes of at least 4 members (excludes halogenated alkanes) is 2. The molecule has 10 aliphatic rings. The van der Waals surface area contributed by atoms with Crippen LogP contribution in [0.1, 0.15) is 32.1 Å². The summed E-state index contributed by atoms with van der Waals surface area (Å²) in [6, 6.07) is 0. The predicted octanol–water partition coefficient (Wildman–Crippen LogP) is 4.44. The van der Waals surface area contributed by atoms with E-state index in [1.54, 1.807) is 0 Å². The Kier molecular flexibility index (Phi) is 0.444. The summed E-state index contributed by atoms with van der Waals surface area (Å²) in [6.45, 7) is -3.16. The van der Waals surface area contributed by atoms with Gasteiger partial charge >= 0.3 is 119 Å². The van der Waals surface area contributed by atoms with Gasteiger partial charge in [-0.3, -0.25) is 0 Å². The van der Waals surface area contributed by atoms with Crippen LogP contribution in [-0.4, -0.2) is 18.9 Å².